The molecule has 3 aliphatic heterocycles. The normalized spacial score (nSPS) is 24.6. The molecule has 3 atom stereocenters. The molecule has 10 heteroatoms. The Hall–Kier alpha value is -3.63. The van der Waals surface area contributed by atoms with Gasteiger partial charge in [-0.2, -0.15) is 5.10 Å². The zero-order valence-electron chi connectivity index (χ0n) is 19.5. The molecule has 2 saturated heterocycles. The largest absolute Gasteiger partial charge is 0.495 e. The van der Waals surface area contributed by atoms with E-state index in [2.05, 4.69) is 15.5 Å². The van der Waals surface area contributed by atoms with Gasteiger partial charge in [-0.05, 0) is 17.7 Å². The van der Waals surface area contributed by atoms with Crippen molar-refractivity contribution in [3.63, 3.8) is 0 Å². The Kier molecular flexibility index (Phi) is 5.84. The topological polar surface area (TPSA) is 92.8 Å². The lowest BCUT2D eigenvalue weighted by atomic mass is 10.1. The molecule has 2 aromatic rings. The van der Waals surface area contributed by atoms with Gasteiger partial charge in [0, 0.05) is 27.2 Å². The SMILES string of the molecule is COc1ccccc1NCCN1N=C(c2ccccc2)CN2C3C(=O)N(C)C(=O)N(C)C3NC12. The number of hydrazone groups is 1. The number of amides is 3. The first-order valence-corrected chi connectivity index (χ1v) is 11.3. The van der Waals surface area contributed by atoms with Crippen LogP contribution in [0.15, 0.2) is 59.7 Å². The molecule has 34 heavy (non-hydrogen) atoms. The Bertz CT molecular complexity index is 1110. The van der Waals surface area contributed by atoms with E-state index in [0.29, 0.717) is 19.6 Å². The molecule has 3 amide bonds. The third-order valence-corrected chi connectivity index (χ3v) is 6.61. The molecular formula is C24H29N7O3. The molecule has 10 nitrogen and oxygen atoms in total. The highest BCUT2D eigenvalue weighted by molar-refractivity contribution is 6.04. The van der Waals surface area contributed by atoms with Crippen molar-refractivity contribution in [2.45, 2.75) is 18.5 Å². The average molecular weight is 464 g/mol. The minimum absolute atomic E-state index is 0.204. The highest BCUT2D eigenvalue weighted by Gasteiger charge is 2.55. The van der Waals surface area contributed by atoms with E-state index >= 15 is 0 Å². The number of benzene rings is 2. The third kappa shape index (κ3) is 3.74. The van der Waals surface area contributed by atoms with Crippen molar-refractivity contribution in [3.8, 4) is 5.75 Å². The highest BCUT2D eigenvalue weighted by atomic mass is 16.5. The minimum Gasteiger partial charge on any atom is -0.495 e. The monoisotopic (exact) mass is 463 g/mol. The number of rotatable bonds is 6. The number of likely N-dealkylation sites (N-methyl/N-ethyl adjacent to an activating group) is 2. The first-order chi connectivity index (χ1) is 16.5. The summed E-state index contributed by atoms with van der Waals surface area (Å²) in [4.78, 5) is 30.6. The van der Waals surface area contributed by atoms with Crippen LogP contribution in [0, 0.1) is 0 Å². The van der Waals surface area contributed by atoms with Crippen LogP contribution in [0.3, 0.4) is 0 Å². The van der Waals surface area contributed by atoms with E-state index in [9.17, 15) is 9.59 Å². The van der Waals surface area contributed by atoms with Crippen LogP contribution in [0.5, 0.6) is 5.75 Å². The van der Waals surface area contributed by atoms with Gasteiger partial charge in [0.2, 0.25) is 0 Å². The second-order valence-electron chi connectivity index (χ2n) is 8.60. The number of hydrogen-bond acceptors (Lipinski definition) is 8. The van der Waals surface area contributed by atoms with Crippen molar-refractivity contribution < 1.29 is 14.3 Å². The number of urea groups is 1. The van der Waals surface area contributed by atoms with Gasteiger partial charge in [-0.15, -0.1) is 0 Å². The quantitative estimate of drug-likeness (QED) is 0.666. The lowest BCUT2D eigenvalue weighted by Gasteiger charge is -2.41. The molecule has 2 N–H and O–H groups in total. The van der Waals surface area contributed by atoms with Gasteiger partial charge in [0.15, 0.2) is 6.29 Å². The van der Waals surface area contributed by atoms with Crippen LogP contribution < -0.4 is 15.4 Å². The van der Waals surface area contributed by atoms with E-state index in [1.54, 1.807) is 19.1 Å². The van der Waals surface area contributed by atoms with E-state index < -0.39 is 12.2 Å². The number of carbonyl (C=O) groups is 2. The van der Waals surface area contributed by atoms with Crippen molar-refractivity contribution in [1.29, 1.82) is 0 Å². The Labute approximate surface area is 198 Å². The second kappa shape index (κ2) is 8.96. The summed E-state index contributed by atoms with van der Waals surface area (Å²) in [5, 5.41) is 13.8. The van der Waals surface area contributed by atoms with Crippen LogP contribution in [-0.2, 0) is 4.79 Å². The van der Waals surface area contributed by atoms with Crippen molar-refractivity contribution >= 4 is 23.3 Å². The Morgan fingerprint density at radius 1 is 1.09 bits per heavy atom. The van der Waals surface area contributed by atoms with Crippen LogP contribution in [0.25, 0.3) is 0 Å². The van der Waals surface area contributed by atoms with E-state index in [1.807, 2.05) is 59.6 Å². The Morgan fingerprint density at radius 3 is 2.59 bits per heavy atom. The van der Waals surface area contributed by atoms with Crippen molar-refractivity contribution in [2.24, 2.45) is 5.10 Å². The van der Waals surface area contributed by atoms with E-state index in [-0.39, 0.29) is 18.2 Å². The molecule has 2 aromatic carbocycles. The van der Waals surface area contributed by atoms with Gasteiger partial charge in [-0.25, -0.2) is 9.69 Å². The summed E-state index contributed by atoms with van der Waals surface area (Å²) >= 11 is 0. The maximum atomic E-state index is 13.1. The molecule has 0 radical (unpaired) electrons. The molecule has 5 rings (SSSR count). The fourth-order valence-electron chi connectivity index (χ4n) is 4.83. The van der Waals surface area contributed by atoms with Crippen LogP contribution in [-0.4, -0.2) is 96.7 Å². The molecule has 0 aromatic heterocycles. The van der Waals surface area contributed by atoms with Gasteiger partial charge in [-0.3, -0.25) is 20.0 Å². The van der Waals surface area contributed by atoms with Crippen LogP contribution in [0.2, 0.25) is 0 Å². The molecule has 0 spiro atoms. The van der Waals surface area contributed by atoms with Gasteiger partial charge in [0.25, 0.3) is 5.91 Å². The van der Waals surface area contributed by atoms with Gasteiger partial charge < -0.3 is 15.0 Å². The highest BCUT2D eigenvalue weighted by Crippen LogP contribution is 2.30. The summed E-state index contributed by atoms with van der Waals surface area (Å²) in [6.45, 7) is 1.68. The zero-order chi connectivity index (χ0) is 23.8. The summed E-state index contributed by atoms with van der Waals surface area (Å²) in [5.41, 5.74) is 2.79. The lowest BCUT2D eigenvalue weighted by Crippen LogP contribution is -2.65. The van der Waals surface area contributed by atoms with E-state index in [1.165, 1.54) is 11.9 Å². The minimum atomic E-state index is -0.489. The molecule has 0 aliphatic carbocycles. The number of carbonyl (C=O) groups excluding carboxylic acids is 2. The van der Waals surface area contributed by atoms with Crippen molar-refractivity contribution in [1.82, 2.24) is 25.0 Å². The second-order valence-corrected chi connectivity index (χ2v) is 8.60. The fourth-order valence-corrected chi connectivity index (χ4v) is 4.83. The molecule has 2 fully saturated rings. The van der Waals surface area contributed by atoms with Crippen molar-refractivity contribution in [2.75, 3.05) is 46.2 Å². The van der Waals surface area contributed by atoms with Crippen LogP contribution in [0.1, 0.15) is 5.56 Å². The third-order valence-electron chi connectivity index (χ3n) is 6.61. The number of imide groups is 1. The van der Waals surface area contributed by atoms with Gasteiger partial charge in [0.05, 0.1) is 25.1 Å². The molecule has 3 aliphatic rings. The molecule has 0 saturated carbocycles. The summed E-state index contributed by atoms with van der Waals surface area (Å²) in [6, 6.07) is 16.9. The Balaban J connectivity index is 1.42. The predicted octanol–water partition coefficient (Wildman–Crippen LogP) is 1.23. The van der Waals surface area contributed by atoms with E-state index in [4.69, 9.17) is 9.84 Å². The smallest absolute Gasteiger partial charge is 0.327 e. The predicted molar refractivity (Wildman–Crippen MR) is 128 cm³/mol. The summed E-state index contributed by atoms with van der Waals surface area (Å²) in [5.74, 6) is 0.569. The zero-order valence-corrected chi connectivity index (χ0v) is 19.5. The first kappa shape index (κ1) is 22.2. The summed E-state index contributed by atoms with van der Waals surface area (Å²) in [6.07, 6.45) is -0.733. The van der Waals surface area contributed by atoms with Crippen molar-refractivity contribution in [3.05, 3.63) is 60.2 Å². The number of nitrogens with one attached hydrogen (secondary N) is 2. The first-order valence-electron chi connectivity index (χ1n) is 11.3. The molecule has 178 valence electrons. The van der Waals surface area contributed by atoms with Gasteiger partial charge in [0.1, 0.15) is 18.0 Å². The van der Waals surface area contributed by atoms with E-state index in [0.717, 1.165) is 22.7 Å². The molecule has 0 bridgehead atoms. The fraction of sp³-hybridized carbons (Fsp3) is 0.375. The Morgan fingerprint density at radius 2 is 1.82 bits per heavy atom. The number of nitrogens with zero attached hydrogens (tertiary/aromatic N) is 5. The maximum absolute atomic E-state index is 13.1. The average Bonchev–Trinajstić information content (AvgIpc) is 3.27. The summed E-state index contributed by atoms with van der Waals surface area (Å²) < 4.78 is 5.44. The van der Waals surface area contributed by atoms with Crippen LogP contribution >= 0.6 is 0 Å². The number of anilines is 1. The number of para-hydroxylation sites is 2. The lowest BCUT2D eigenvalue weighted by molar-refractivity contribution is -0.137. The van der Waals surface area contributed by atoms with Crippen LogP contribution in [0.4, 0.5) is 10.5 Å². The number of hydrogen-bond donors (Lipinski definition) is 2. The molecule has 3 unspecified atom stereocenters. The maximum Gasteiger partial charge on any atom is 0.327 e. The molecular weight excluding hydrogens is 434 g/mol. The standard InChI is InChI=1S/C24H29N7O3/c1-28-21-20(22(32)29(2)24(28)33)30-15-18(16-9-5-4-6-10-16)27-31(23(30)26-21)14-13-25-17-11-7-8-12-19(17)34-3/h4-12,20-21,23,25-26H,13-15H2,1-3H3. The molecule has 3 heterocycles. The number of fused-ring (bicyclic) bond motifs is 3. The van der Waals surface area contributed by atoms with Gasteiger partial charge in [-0.1, -0.05) is 42.5 Å². The summed E-state index contributed by atoms with van der Waals surface area (Å²) in [7, 11) is 4.91. The number of ether oxygens (including phenoxy) is 1. The number of methoxy groups -OCH3 is 1. The van der Waals surface area contributed by atoms with Gasteiger partial charge >= 0.3 is 6.03 Å².